The number of nitrogens with two attached hydrogens (primary N) is 1. The summed E-state index contributed by atoms with van der Waals surface area (Å²) in [7, 11) is 0. The highest BCUT2D eigenvalue weighted by Gasteiger charge is 2.24. The first-order valence-electron chi connectivity index (χ1n) is 11.7. The van der Waals surface area contributed by atoms with Crippen LogP contribution in [0.4, 0.5) is 14.5 Å². The summed E-state index contributed by atoms with van der Waals surface area (Å²) in [6.07, 6.45) is 5.76. The van der Waals surface area contributed by atoms with Crippen molar-refractivity contribution < 1.29 is 18.7 Å². The van der Waals surface area contributed by atoms with Gasteiger partial charge in [0.1, 0.15) is 0 Å². The zero-order valence-corrected chi connectivity index (χ0v) is 19.0. The number of aromatic hydroxyl groups is 1. The van der Waals surface area contributed by atoms with E-state index in [0.717, 1.165) is 65.5 Å². The Bertz CT molecular complexity index is 1370. The minimum atomic E-state index is -1.15. The summed E-state index contributed by atoms with van der Waals surface area (Å²) in [5, 5.41) is 17.9. The van der Waals surface area contributed by atoms with E-state index in [4.69, 9.17) is 10.8 Å². The number of amides is 1. The molecule has 0 atom stereocenters. The predicted octanol–water partition coefficient (Wildman–Crippen LogP) is 5.43. The summed E-state index contributed by atoms with van der Waals surface area (Å²) in [4.78, 5) is 12.3. The summed E-state index contributed by atoms with van der Waals surface area (Å²) in [6, 6.07) is 16.0. The van der Waals surface area contributed by atoms with E-state index in [9.17, 15) is 18.7 Å². The van der Waals surface area contributed by atoms with Crippen molar-refractivity contribution in [2.24, 2.45) is 5.92 Å². The molecule has 5 rings (SSSR count). The quantitative estimate of drug-likeness (QED) is 0.335. The number of phenols is 1. The van der Waals surface area contributed by atoms with Crippen molar-refractivity contribution >= 4 is 22.5 Å². The highest BCUT2D eigenvalue weighted by molar-refractivity contribution is 5.94. The van der Waals surface area contributed by atoms with Crippen molar-refractivity contribution in [2.45, 2.75) is 31.7 Å². The zero-order chi connectivity index (χ0) is 24.5. The Hall–Kier alpha value is -3.94. The molecule has 8 heteroatoms. The van der Waals surface area contributed by atoms with Crippen LogP contribution in [0.5, 0.6) is 5.75 Å². The molecule has 1 aliphatic carbocycles. The van der Waals surface area contributed by atoms with Crippen LogP contribution in [-0.4, -0.2) is 27.3 Å². The molecule has 3 aromatic carbocycles. The van der Waals surface area contributed by atoms with E-state index in [2.05, 4.69) is 29.7 Å². The van der Waals surface area contributed by atoms with E-state index in [-0.39, 0.29) is 17.5 Å². The lowest BCUT2D eigenvalue weighted by atomic mass is 9.86. The number of nitrogen functional groups attached to an aromatic ring is 1. The van der Waals surface area contributed by atoms with E-state index in [1.807, 2.05) is 28.9 Å². The van der Waals surface area contributed by atoms with Crippen molar-refractivity contribution in [1.82, 2.24) is 15.1 Å². The molecule has 0 saturated heterocycles. The van der Waals surface area contributed by atoms with Gasteiger partial charge in [-0.05, 0) is 73.1 Å². The molecule has 4 N–H and O–H groups in total. The first kappa shape index (κ1) is 22.8. The Morgan fingerprint density at radius 3 is 2.46 bits per heavy atom. The minimum Gasteiger partial charge on any atom is -0.503 e. The number of phenolic OH excluding ortho intramolecular Hbond substituents is 1. The van der Waals surface area contributed by atoms with Gasteiger partial charge in [-0.3, -0.25) is 9.48 Å². The van der Waals surface area contributed by atoms with Crippen LogP contribution in [0, 0.1) is 17.6 Å². The maximum atomic E-state index is 13.5. The number of halogens is 2. The number of nitrogens with one attached hydrogen (secondary N) is 1. The van der Waals surface area contributed by atoms with Gasteiger partial charge in [0.25, 0.3) is 5.91 Å². The Balaban J connectivity index is 1.19. The van der Waals surface area contributed by atoms with Gasteiger partial charge in [0.2, 0.25) is 0 Å². The summed E-state index contributed by atoms with van der Waals surface area (Å²) in [5.41, 5.74) is 9.57. The maximum Gasteiger partial charge on any atom is 0.251 e. The van der Waals surface area contributed by atoms with Gasteiger partial charge in [-0.2, -0.15) is 5.10 Å². The fraction of sp³-hybridized carbons (Fsp3) is 0.259. The molecule has 0 spiro atoms. The number of nitrogens with zero attached hydrogens (tertiary/aromatic N) is 2. The highest BCUT2D eigenvalue weighted by Crippen LogP contribution is 2.33. The van der Waals surface area contributed by atoms with Crippen LogP contribution in [-0.2, 0) is 0 Å². The van der Waals surface area contributed by atoms with Crippen LogP contribution in [0.2, 0.25) is 0 Å². The second-order valence-corrected chi connectivity index (χ2v) is 9.18. The van der Waals surface area contributed by atoms with E-state index in [0.29, 0.717) is 6.54 Å². The fourth-order valence-corrected chi connectivity index (χ4v) is 4.77. The number of hydrogen-bond donors (Lipinski definition) is 3. The summed E-state index contributed by atoms with van der Waals surface area (Å²) < 4.78 is 29.1. The number of carbonyl (C=O) groups excluding carboxylic acids is 1. The van der Waals surface area contributed by atoms with Crippen LogP contribution in [0.1, 0.15) is 42.1 Å². The van der Waals surface area contributed by atoms with Crippen LogP contribution < -0.4 is 11.1 Å². The largest absolute Gasteiger partial charge is 0.503 e. The molecule has 1 fully saturated rings. The van der Waals surface area contributed by atoms with Gasteiger partial charge in [0.15, 0.2) is 17.4 Å². The number of benzene rings is 3. The third kappa shape index (κ3) is 4.82. The number of anilines is 1. The molecule has 1 heterocycles. The second-order valence-electron chi connectivity index (χ2n) is 9.18. The van der Waals surface area contributed by atoms with Crippen molar-refractivity contribution in [1.29, 1.82) is 0 Å². The van der Waals surface area contributed by atoms with Gasteiger partial charge >= 0.3 is 0 Å². The summed E-state index contributed by atoms with van der Waals surface area (Å²) >= 11 is 0. The average molecular weight is 477 g/mol. The van der Waals surface area contributed by atoms with Crippen molar-refractivity contribution in [3.63, 3.8) is 0 Å². The number of carbonyl (C=O) groups is 1. The first-order valence-corrected chi connectivity index (χ1v) is 11.7. The standard InChI is InChI=1S/C27H26F2N4O2/c28-23-11-20(12-24(29)26(23)34)27(35)31-14-16-4-8-22(9-5-16)33-15-19-7-6-18(13-25(19)32-33)17-2-1-3-21(30)10-17/h1-3,6-7,10-13,15-16,22,34H,4-5,8-9,14,30H2,(H,31,35). The maximum absolute atomic E-state index is 13.5. The number of aromatic nitrogens is 2. The molecular weight excluding hydrogens is 450 g/mol. The molecular formula is C27H26F2N4O2. The second kappa shape index (κ2) is 9.37. The third-order valence-electron chi connectivity index (χ3n) is 6.77. The predicted molar refractivity (Wildman–Crippen MR) is 131 cm³/mol. The topological polar surface area (TPSA) is 93.2 Å². The lowest BCUT2D eigenvalue weighted by molar-refractivity contribution is 0.0940. The molecule has 35 heavy (non-hydrogen) atoms. The lowest BCUT2D eigenvalue weighted by Gasteiger charge is -2.28. The Kier molecular flexibility index (Phi) is 6.11. The molecule has 0 aliphatic heterocycles. The fourth-order valence-electron chi connectivity index (χ4n) is 4.77. The van der Waals surface area contributed by atoms with E-state index in [1.165, 1.54) is 0 Å². The van der Waals surface area contributed by atoms with Crippen LogP contribution >= 0.6 is 0 Å². The van der Waals surface area contributed by atoms with Crippen molar-refractivity contribution in [3.05, 3.63) is 78.0 Å². The van der Waals surface area contributed by atoms with Gasteiger partial charge in [-0.25, -0.2) is 8.78 Å². The molecule has 0 bridgehead atoms. The smallest absolute Gasteiger partial charge is 0.251 e. The average Bonchev–Trinajstić information content (AvgIpc) is 3.29. The Labute approximate surface area is 201 Å². The molecule has 6 nitrogen and oxygen atoms in total. The molecule has 1 aliphatic rings. The van der Waals surface area contributed by atoms with Gasteiger partial charge in [-0.15, -0.1) is 0 Å². The molecule has 1 aromatic heterocycles. The number of hydrogen-bond acceptors (Lipinski definition) is 4. The van der Waals surface area contributed by atoms with Gasteiger partial charge < -0.3 is 16.2 Å². The summed E-state index contributed by atoms with van der Waals surface area (Å²) in [6.45, 7) is 0.431. The van der Waals surface area contributed by atoms with E-state index in [1.54, 1.807) is 0 Å². The normalized spacial score (nSPS) is 18.0. The van der Waals surface area contributed by atoms with Crippen LogP contribution in [0.25, 0.3) is 22.0 Å². The van der Waals surface area contributed by atoms with Crippen molar-refractivity contribution in [3.8, 4) is 16.9 Å². The molecule has 0 unspecified atom stereocenters. The van der Waals surface area contributed by atoms with Gasteiger partial charge in [-0.1, -0.05) is 24.3 Å². The van der Waals surface area contributed by atoms with Crippen LogP contribution in [0.15, 0.2) is 60.8 Å². The van der Waals surface area contributed by atoms with Gasteiger partial charge in [0, 0.05) is 29.4 Å². The molecule has 180 valence electrons. The first-order chi connectivity index (χ1) is 16.9. The Morgan fingerprint density at radius 2 is 1.74 bits per heavy atom. The third-order valence-corrected chi connectivity index (χ3v) is 6.77. The molecule has 4 aromatic rings. The Morgan fingerprint density at radius 1 is 1.03 bits per heavy atom. The van der Waals surface area contributed by atoms with Crippen LogP contribution in [0.3, 0.4) is 0 Å². The van der Waals surface area contributed by atoms with E-state index < -0.39 is 23.3 Å². The molecule has 1 amide bonds. The minimum absolute atomic E-state index is 0.146. The van der Waals surface area contributed by atoms with Gasteiger partial charge in [0.05, 0.1) is 11.6 Å². The SMILES string of the molecule is Nc1cccc(-c2ccc3cn(C4CCC(CNC(=O)c5cc(F)c(O)c(F)c5)CC4)nc3c2)c1. The zero-order valence-electron chi connectivity index (χ0n) is 19.0. The highest BCUT2D eigenvalue weighted by atomic mass is 19.1. The lowest BCUT2D eigenvalue weighted by Crippen LogP contribution is -2.31. The number of rotatable bonds is 5. The van der Waals surface area contributed by atoms with E-state index >= 15 is 0 Å². The molecule has 1 saturated carbocycles. The van der Waals surface area contributed by atoms with Crippen molar-refractivity contribution in [2.75, 3.05) is 12.3 Å². The summed E-state index contributed by atoms with van der Waals surface area (Å²) in [5.74, 6) is -3.65. The molecule has 0 radical (unpaired) electrons. The monoisotopic (exact) mass is 476 g/mol. The number of fused-ring (bicyclic) bond motifs is 1.